The second-order valence-electron chi connectivity index (χ2n) is 2.78. The monoisotopic (exact) mass is 259 g/mol. The Morgan fingerprint density at radius 3 is 2.35 bits per heavy atom. The lowest BCUT2D eigenvalue weighted by molar-refractivity contribution is -0.275. The molecule has 0 fully saturated rings. The number of rotatable bonds is 3. The first-order valence-corrected chi connectivity index (χ1v) is 4.09. The number of pyridine rings is 1. The molecule has 1 aromatic heterocycles. The minimum Gasteiger partial charge on any atom is -0.495 e. The van der Waals surface area contributed by atoms with Gasteiger partial charge in [-0.2, -0.15) is 0 Å². The highest BCUT2D eigenvalue weighted by Crippen LogP contribution is 2.36. The lowest BCUT2D eigenvalue weighted by Gasteiger charge is -2.14. The molecule has 0 saturated heterocycles. The van der Waals surface area contributed by atoms with Gasteiger partial charge in [-0.3, -0.25) is 4.79 Å². The molecule has 0 atom stereocenters. The molecule has 0 spiro atoms. The Morgan fingerprint density at radius 1 is 1.35 bits per heavy atom. The number of alkyl halides is 5. The van der Waals surface area contributed by atoms with Gasteiger partial charge in [-0.15, -0.1) is 13.2 Å². The van der Waals surface area contributed by atoms with Gasteiger partial charge in [-0.1, -0.05) is 0 Å². The van der Waals surface area contributed by atoms with Crippen LogP contribution in [0.4, 0.5) is 22.0 Å². The highest BCUT2D eigenvalue weighted by Gasteiger charge is 2.36. The number of aromatic nitrogens is 1. The van der Waals surface area contributed by atoms with Crippen LogP contribution in [0.3, 0.4) is 0 Å². The lowest BCUT2D eigenvalue weighted by atomic mass is 10.2. The van der Waals surface area contributed by atoms with E-state index < -0.39 is 35.4 Å². The summed E-state index contributed by atoms with van der Waals surface area (Å²) in [5.74, 6) is -2.12. The molecular formula is C8H6F5NO3. The number of aromatic amines is 1. The third kappa shape index (κ3) is 3.08. The fraction of sp³-hybridized carbons (Fsp3) is 0.375. The summed E-state index contributed by atoms with van der Waals surface area (Å²) in [5.41, 5.74) is -2.66. The maximum atomic E-state index is 12.6. The quantitative estimate of drug-likeness (QED) is 0.847. The maximum absolute atomic E-state index is 12.6. The number of nitrogens with one attached hydrogen (secondary N) is 1. The number of H-pyrrole nitrogens is 1. The zero-order valence-electron chi connectivity index (χ0n) is 8.27. The molecule has 0 amide bonds. The Kier molecular flexibility index (Phi) is 3.59. The van der Waals surface area contributed by atoms with Crippen molar-refractivity contribution < 1.29 is 31.4 Å². The van der Waals surface area contributed by atoms with Crippen LogP contribution in [-0.4, -0.2) is 18.5 Å². The fourth-order valence-corrected chi connectivity index (χ4v) is 1.10. The summed E-state index contributed by atoms with van der Waals surface area (Å²) in [5, 5.41) is 0. The van der Waals surface area contributed by atoms with Crippen LogP contribution in [-0.2, 0) is 0 Å². The summed E-state index contributed by atoms with van der Waals surface area (Å²) < 4.78 is 68.6. The van der Waals surface area contributed by atoms with Crippen molar-refractivity contribution in [3.05, 3.63) is 22.1 Å². The van der Waals surface area contributed by atoms with Crippen molar-refractivity contribution >= 4 is 0 Å². The Hall–Kier alpha value is -1.80. The number of hydrogen-bond donors (Lipinski definition) is 1. The molecule has 0 unspecified atom stereocenters. The molecule has 0 saturated carbocycles. The zero-order chi connectivity index (χ0) is 13.2. The van der Waals surface area contributed by atoms with Crippen molar-refractivity contribution in [3.8, 4) is 11.5 Å². The van der Waals surface area contributed by atoms with Crippen LogP contribution in [0.25, 0.3) is 0 Å². The normalized spacial score (nSPS) is 11.7. The minimum absolute atomic E-state index is 0.598. The first-order valence-electron chi connectivity index (χ1n) is 4.09. The molecule has 1 aromatic rings. The van der Waals surface area contributed by atoms with E-state index in [-0.39, 0.29) is 0 Å². The number of hydrogen-bond acceptors (Lipinski definition) is 3. The van der Waals surface area contributed by atoms with E-state index in [0.29, 0.717) is 0 Å². The molecule has 4 nitrogen and oxygen atoms in total. The molecule has 1 heterocycles. The standard InChI is InChI=1S/C8H6F5NO3/c1-16-3-2-14-7(15)5(4(3)6(9)10)17-8(11,12)13/h2,6H,1H3,(H,14,15). The SMILES string of the molecule is COc1c[nH]c(=O)c(OC(F)(F)F)c1C(F)F. The largest absolute Gasteiger partial charge is 0.573 e. The third-order valence-electron chi connectivity index (χ3n) is 1.71. The Balaban J connectivity index is 3.39. The van der Waals surface area contributed by atoms with Crippen LogP contribution in [0.5, 0.6) is 11.5 Å². The molecule has 0 aliphatic carbocycles. The topological polar surface area (TPSA) is 51.3 Å². The van der Waals surface area contributed by atoms with Gasteiger partial charge in [0, 0.05) is 6.20 Å². The summed E-state index contributed by atoms with van der Waals surface area (Å²) in [6.07, 6.45) is -7.86. The average Bonchev–Trinajstić information content (AvgIpc) is 2.18. The minimum atomic E-state index is -5.25. The van der Waals surface area contributed by atoms with Crippen molar-refractivity contribution in [2.24, 2.45) is 0 Å². The molecule has 0 radical (unpaired) electrons. The lowest BCUT2D eigenvalue weighted by Crippen LogP contribution is -2.24. The van der Waals surface area contributed by atoms with E-state index >= 15 is 0 Å². The number of halogens is 5. The number of methoxy groups -OCH3 is 1. The van der Waals surface area contributed by atoms with Gasteiger partial charge < -0.3 is 14.5 Å². The highest BCUT2D eigenvalue weighted by atomic mass is 19.4. The summed E-state index contributed by atoms with van der Waals surface area (Å²) >= 11 is 0. The van der Waals surface area contributed by atoms with E-state index in [1.54, 1.807) is 4.98 Å². The smallest absolute Gasteiger partial charge is 0.495 e. The van der Waals surface area contributed by atoms with Crippen LogP contribution in [0, 0.1) is 0 Å². The predicted octanol–water partition coefficient (Wildman–Crippen LogP) is 2.22. The van der Waals surface area contributed by atoms with Gasteiger partial charge in [0.05, 0.1) is 7.11 Å². The first-order chi connectivity index (χ1) is 7.76. The van der Waals surface area contributed by atoms with Gasteiger partial charge in [-0.25, -0.2) is 8.78 Å². The van der Waals surface area contributed by atoms with Crippen molar-refractivity contribution in [2.45, 2.75) is 12.8 Å². The van der Waals surface area contributed by atoms with Gasteiger partial charge in [0.2, 0.25) is 5.75 Å². The second kappa shape index (κ2) is 4.60. The molecule has 96 valence electrons. The van der Waals surface area contributed by atoms with Crippen LogP contribution in [0.15, 0.2) is 11.0 Å². The molecule has 17 heavy (non-hydrogen) atoms. The molecule has 0 aliphatic rings. The fourth-order valence-electron chi connectivity index (χ4n) is 1.10. The van der Waals surface area contributed by atoms with E-state index in [9.17, 15) is 26.7 Å². The van der Waals surface area contributed by atoms with Gasteiger partial charge in [0.15, 0.2) is 0 Å². The maximum Gasteiger partial charge on any atom is 0.573 e. The van der Waals surface area contributed by atoms with Crippen LogP contribution in [0.1, 0.15) is 12.0 Å². The van der Waals surface area contributed by atoms with E-state index in [2.05, 4.69) is 9.47 Å². The summed E-state index contributed by atoms with van der Waals surface area (Å²) in [6, 6.07) is 0. The van der Waals surface area contributed by atoms with Gasteiger partial charge in [0.1, 0.15) is 11.3 Å². The van der Waals surface area contributed by atoms with Crippen LogP contribution in [0.2, 0.25) is 0 Å². The molecule has 0 aromatic carbocycles. The molecule has 0 bridgehead atoms. The molecular weight excluding hydrogens is 253 g/mol. The van der Waals surface area contributed by atoms with Gasteiger partial charge in [0.25, 0.3) is 12.0 Å². The first kappa shape index (κ1) is 13.3. The average molecular weight is 259 g/mol. The van der Waals surface area contributed by atoms with E-state index in [0.717, 1.165) is 13.3 Å². The van der Waals surface area contributed by atoms with Crippen molar-refractivity contribution in [2.75, 3.05) is 7.11 Å². The number of ether oxygens (including phenoxy) is 2. The zero-order valence-corrected chi connectivity index (χ0v) is 8.27. The van der Waals surface area contributed by atoms with E-state index in [1.165, 1.54) is 0 Å². The second-order valence-corrected chi connectivity index (χ2v) is 2.78. The van der Waals surface area contributed by atoms with Gasteiger partial charge >= 0.3 is 6.36 Å². The van der Waals surface area contributed by atoms with E-state index in [4.69, 9.17) is 0 Å². The van der Waals surface area contributed by atoms with Crippen LogP contribution < -0.4 is 15.0 Å². The third-order valence-corrected chi connectivity index (χ3v) is 1.71. The predicted molar refractivity (Wildman–Crippen MR) is 45.3 cm³/mol. The summed E-state index contributed by atoms with van der Waals surface area (Å²) in [7, 11) is 0.969. The summed E-state index contributed by atoms with van der Waals surface area (Å²) in [6.45, 7) is 0. The summed E-state index contributed by atoms with van der Waals surface area (Å²) in [4.78, 5) is 12.8. The van der Waals surface area contributed by atoms with E-state index in [1.807, 2.05) is 0 Å². The molecule has 1 rings (SSSR count). The molecule has 9 heteroatoms. The Labute approximate surface area is 91.0 Å². The molecule has 1 N–H and O–H groups in total. The Bertz CT molecular complexity index is 453. The molecule has 0 aliphatic heterocycles. The van der Waals surface area contributed by atoms with Gasteiger partial charge in [-0.05, 0) is 0 Å². The van der Waals surface area contributed by atoms with Crippen molar-refractivity contribution in [1.29, 1.82) is 0 Å². The van der Waals surface area contributed by atoms with Crippen molar-refractivity contribution in [1.82, 2.24) is 4.98 Å². The Morgan fingerprint density at radius 2 is 1.94 bits per heavy atom. The highest BCUT2D eigenvalue weighted by molar-refractivity contribution is 5.42. The van der Waals surface area contributed by atoms with Crippen LogP contribution >= 0.6 is 0 Å². The van der Waals surface area contributed by atoms with Crippen molar-refractivity contribution in [3.63, 3.8) is 0 Å².